The van der Waals surface area contributed by atoms with Gasteiger partial charge in [0, 0.05) is 11.3 Å². The van der Waals surface area contributed by atoms with Crippen molar-refractivity contribution in [2.75, 3.05) is 0 Å². The van der Waals surface area contributed by atoms with Crippen LogP contribution in [0.1, 0.15) is 29.2 Å². The molecule has 0 amide bonds. The van der Waals surface area contributed by atoms with Gasteiger partial charge in [0.2, 0.25) is 0 Å². The summed E-state index contributed by atoms with van der Waals surface area (Å²) in [5.74, 6) is 0.605. The van der Waals surface area contributed by atoms with E-state index in [4.69, 9.17) is 4.98 Å². The molecular weight excluding hydrogens is 324 g/mol. The van der Waals surface area contributed by atoms with Gasteiger partial charge in [-0.15, -0.1) is 0 Å². The maximum Gasteiger partial charge on any atom is 0.0740 e. The number of rotatable bonds is 3. The summed E-state index contributed by atoms with van der Waals surface area (Å²) in [6.07, 6.45) is 3.28. The maximum atomic E-state index is 4.92. The lowest BCUT2D eigenvalue weighted by Crippen LogP contribution is -2.14. The van der Waals surface area contributed by atoms with Crippen molar-refractivity contribution >= 4 is 23.1 Å². The molecule has 0 aliphatic heterocycles. The summed E-state index contributed by atoms with van der Waals surface area (Å²) in [5, 5.41) is 2.39. The van der Waals surface area contributed by atoms with E-state index in [-0.39, 0.29) is 0 Å². The van der Waals surface area contributed by atoms with E-state index in [2.05, 4.69) is 64.8 Å². The van der Waals surface area contributed by atoms with Gasteiger partial charge in [0.1, 0.15) is 0 Å². The average Bonchev–Trinajstić information content (AvgIpc) is 2.69. The van der Waals surface area contributed by atoms with Crippen LogP contribution in [0.25, 0.3) is 11.3 Å². The van der Waals surface area contributed by atoms with Crippen molar-refractivity contribution in [1.29, 1.82) is 0 Å². The molecule has 2 aromatic carbocycles. The maximum absolute atomic E-state index is 4.92. The molecule has 0 N–H and O–H groups in total. The van der Waals surface area contributed by atoms with E-state index < -0.39 is 0 Å². The van der Waals surface area contributed by atoms with Crippen molar-refractivity contribution in [3.8, 4) is 11.3 Å². The van der Waals surface area contributed by atoms with Crippen LogP contribution in [0.2, 0.25) is 0 Å². The van der Waals surface area contributed by atoms with E-state index in [0.717, 1.165) is 36.2 Å². The van der Waals surface area contributed by atoms with Crippen LogP contribution in [-0.2, 0) is 12.8 Å². The summed E-state index contributed by atoms with van der Waals surface area (Å²) in [4.78, 5) is 8.91. The number of aryl methyl sites for hydroxylation is 1. The van der Waals surface area contributed by atoms with E-state index in [1.807, 2.05) is 24.3 Å². The first-order chi connectivity index (χ1) is 12.3. The van der Waals surface area contributed by atoms with Crippen molar-refractivity contribution in [2.45, 2.75) is 25.2 Å². The molecule has 1 heterocycles. The second-order valence-electron chi connectivity index (χ2n) is 6.40. The van der Waals surface area contributed by atoms with Crippen LogP contribution >= 0.6 is 12.2 Å². The van der Waals surface area contributed by atoms with Crippen molar-refractivity contribution < 1.29 is 0 Å². The molecule has 25 heavy (non-hydrogen) atoms. The van der Waals surface area contributed by atoms with Crippen LogP contribution in [0.3, 0.4) is 0 Å². The van der Waals surface area contributed by atoms with Crippen LogP contribution in [0.4, 0.5) is 5.69 Å². The van der Waals surface area contributed by atoms with Crippen LogP contribution in [0, 0.1) is 0 Å². The highest BCUT2D eigenvalue weighted by Gasteiger charge is 2.21. The summed E-state index contributed by atoms with van der Waals surface area (Å²) >= 11 is 4.64. The number of hydrogen-bond acceptors (Lipinski definition) is 3. The lowest BCUT2D eigenvalue weighted by atomic mass is 9.82. The molecule has 4 rings (SSSR count). The van der Waals surface area contributed by atoms with Crippen LogP contribution < -0.4 is 0 Å². The zero-order valence-electron chi connectivity index (χ0n) is 13.9. The Balaban J connectivity index is 1.58. The fourth-order valence-electron chi connectivity index (χ4n) is 3.54. The molecule has 3 heteroatoms. The van der Waals surface area contributed by atoms with Crippen molar-refractivity contribution in [1.82, 2.24) is 4.98 Å². The van der Waals surface area contributed by atoms with Gasteiger partial charge in [-0.1, -0.05) is 48.5 Å². The van der Waals surface area contributed by atoms with Gasteiger partial charge in [0.05, 0.1) is 16.5 Å². The van der Waals surface area contributed by atoms with Gasteiger partial charge < -0.3 is 0 Å². The van der Waals surface area contributed by atoms with Crippen molar-refractivity contribution in [3.63, 3.8) is 0 Å². The zero-order valence-corrected chi connectivity index (χ0v) is 14.7. The Morgan fingerprint density at radius 2 is 1.76 bits per heavy atom. The molecule has 0 saturated heterocycles. The first-order valence-corrected chi connectivity index (χ1v) is 8.96. The topological polar surface area (TPSA) is 25.2 Å². The van der Waals surface area contributed by atoms with E-state index in [1.165, 1.54) is 16.8 Å². The van der Waals surface area contributed by atoms with Gasteiger partial charge in [0.25, 0.3) is 0 Å². The molecule has 2 nitrogen and oxygen atoms in total. The molecule has 1 aliphatic rings. The quantitative estimate of drug-likeness (QED) is 0.447. The second kappa shape index (κ2) is 7.10. The number of nitrogens with zero attached hydrogens (tertiary/aromatic N) is 2. The van der Waals surface area contributed by atoms with Crippen molar-refractivity contribution in [3.05, 3.63) is 83.6 Å². The van der Waals surface area contributed by atoms with Crippen LogP contribution in [0.5, 0.6) is 0 Å². The van der Waals surface area contributed by atoms with Crippen LogP contribution in [0.15, 0.2) is 71.7 Å². The standard InChI is InChI=1S/C22H18N2S/c25-15-23-20-10-6-17(7-11-20)21-13-9-19-14-18(8-12-22(19)24-21)16-4-2-1-3-5-16/h1-7,9-11,13,18H,8,12,14H2. The SMILES string of the molecule is S=C=Nc1ccc(-c2ccc3c(n2)CCC(c2ccccc2)C3)cc1. The summed E-state index contributed by atoms with van der Waals surface area (Å²) in [6, 6.07) is 23.2. The molecule has 0 radical (unpaired) electrons. The van der Waals surface area contributed by atoms with E-state index in [9.17, 15) is 0 Å². The minimum Gasteiger partial charge on any atom is -0.253 e. The molecule has 0 spiro atoms. The first kappa shape index (κ1) is 15.9. The Morgan fingerprint density at radius 1 is 0.960 bits per heavy atom. The number of isothiocyanates is 1. The molecule has 122 valence electrons. The van der Waals surface area contributed by atoms with E-state index >= 15 is 0 Å². The van der Waals surface area contributed by atoms with Gasteiger partial charge in [-0.25, -0.2) is 0 Å². The minimum absolute atomic E-state index is 0.605. The normalized spacial score (nSPS) is 15.9. The number of thiocarbonyl (C=S) groups is 1. The number of pyridine rings is 1. The largest absolute Gasteiger partial charge is 0.253 e. The zero-order chi connectivity index (χ0) is 17.1. The summed E-state index contributed by atoms with van der Waals surface area (Å²) in [7, 11) is 0. The summed E-state index contributed by atoms with van der Waals surface area (Å²) in [5.41, 5.74) is 7.01. The molecule has 1 aromatic heterocycles. The summed E-state index contributed by atoms with van der Waals surface area (Å²) < 4.78 is 0. The Kier molecular flexibility index (Phi) is 4.51. The van der Waals surface area contributed by atoms with Gasteiger partial charge in [-0.3, -0.25) is 4.98 Å². The summed E-state index contributed by atoms with van der Waals surface area (Å²) in [6.45, 7) is 0. The second-order valence-corrected chi connectivity index (χ2v) is 6.59. The highest BCUT2D eigenvalue weighted by molar-refractivity contribution is 7.78. The predicted molar refractivity (Wildman–Crippen MR) is 106 cm³/mol. The van der Waals surface area contributed by atoms with Gasteiger partial charge in [-0.05, 0) is 66.7 Å². The van der Waals surface area contributed by atoms with E-state index in [0.29, 0.717) is 5.92 Å². The number of aromatic nitrogens is 1. The monoisotopic (exact) mass is 342 g/mol. The Morgan fingerprint density at radius 3 is 2.52 bits per heavy atom. The molecule has 0 saturated carbocycles. The Bertz CT molecular complexity index is 926. The Hall–Kier alpha value is -2.61. The molecule has 1 atom stereocenters. The first-order valence-electron chi connectivity index (χ1n) is 8.55. The number of fused-ring (bicyclic) bond motifs is 1. The predicted octanol–water partition coefficient (Wildman–Crippen LogP) is 5.76. The molecule has 1 unspecified atom stereocenters. The Labute approximate surface area is 153 Å². The highest BCUT2D eigenvalue weighted by atomic mass is 32.1. The lowest BCUT2D eigenvalue weighted by molar-refractivity contribution is 0.575. The third-order valence-electron chi connectivity index (χ3n) is 4.87. The molecule has 0 bridgehead atoms. The fourth-order valence-corrected chi connectivity index (χ4v) is 3.65. The average molecular weight is 342 g/mol. The third kappa shape index (κ3) is 3.43. The highest BCUT2D eigenvalue weighted by Crippen LogP contribution is 2.33. The van der Waals surface area contributed by atoms with Gasteiger partial charge in [0.15, 0.2) is 0 Å². The molecule has 1 aliphatic carbocycles. The molecule has 0 fully saturated rings. The van der Waals surface area contributed by atoms with Crippen LogP contribution in [-0.4, -0.2) is 10.1 Å². The number of hydrogen-bond donors (Lipinski definition) is 0. The van der Waals surface area contributed by atoms with Gasteiger partial charge >= 0.3 is 0 Å². The van der Waals surface area contributed by atoms with E-state index in [1.54, 1.807) is 0 Å². The van der Waals surface area contributed by atoms with Crippen molar-refractivity contribution in [2.24, 2.45) is 4.99 Å². The smallest absolute Gasteiger partial charge is 0.0740 e. The number of aliphatic imine (C=N–C) groups is 1. The minimum atomic E-state index is 0.605. The third-order valence-corrected chi connectivity index (χ3v) is 4.96. The molecular formula is C22H18N2S. The van der Waals surface area contributed by atoms with Gasteiger partial charge in [-0.2, -0.15) is 4.99 Å². The lowest BCUT2D eigenvalue weighted by Gasteiger charge is -2.24. The number of benzene rings is 2. The molecule has 3 aromatic rings. The fraction of sp³-hybridized carbons (Fsp3) is 0.182.